The summed E-state index contributed by atoms with van der Waals surface area (Å²) in [7, 11) is 0. The lowest BCUT2D eigenvalue weighted by molar-refractivity contribution is 0.0943. The van der Waals surface area contributed by atoms with Gasteiger partial charge in [0.15, 0.2) is 0 Å². The topological polar surface area (TPSA) is 41.5 Å². The summed E-state index contributed by atoms with van der Waals surface area (Å²) in [6, 6.07) is 0. The second-order valence-corrected chi connectivity index (χ2v) is 1.59. The maximum absolute atomic E-state index is 8.27. The third kappa shape index (κ3) is 7.88. The van der Waals surface area contributed by atoms with E-state index in [0.29, 0.717) is 13.2 Å². The molecule has 0 saturated carbocycles. The van der Waals surface area contributed by atoms with Gasteiger partial charge >= 0.3 is 0 Å². The van der Waals surface area contributed by atoms with E-state index >= 15 is 0 Å². The van der Waals surface area contributed by atoms with Gasteiger partial charge in [0.1, 0.15) is 0 Å². The Balaban J connectivity index is 2.60. The molecule has 0 aliphatic carbocycles. The molecule has 0 spiro atoms. The summed E-state index contributed by atoms with van der Waals surface area (Å²) in [5.74, 6) is 0. The minimum Gasteiger partial charge on any atom is -0.394 e. The summed E-state index contributed by atoms with van der Waals surface area (Å²) < 4.78 is 4.94. The first-order valence-corrected chi connectivity index (χ1v) is 3.10. The first-order valence-electron chi connectivity index (χ1n) is 3.10. The van der Waals surface area contributed by atoms with Crippen LogP contribution in [-0.2, 0) is 4.74 Å². The van der Waals surface area contributed by atoms with Crippen molar-refractivity contribution in [3.63, 3.8) is 0 Å². The molecule has 3 heteroatoms. The molecule has 2 N–H and O–H groups in total. The summed E-state index contributed by atoms with van der Waals surface area (Å²) in [4.78, 5) is 0. The summed E-state index contributed by atoms with van der Waals surface area (Å²) in [5, 5.41) is 11.3. The first-order chi connectivity index (χ1) is 4.41. The van der Waals surface area contributed by atoms with Gasteiger partial charge in [0.2, 0.25) is 0 Å². The minimum absolute atomic E-state index is 0.102. The zero-order valence-electron chi connectivity index (χ0n) is 5.60. The van der Waals surface area contributed by atoms with E-state index < -0.39 is 0 Å². The normalized spacial score (nSPS) is 10.0. The molecule has 1 radical (unpaired) electrons. The number of hydrogen-bond acceptors (Lipinski definition) is 3. The van der Waals surface area contributed by atoms with Crippen molar-refractivity contribution < 1.29 is 9.84 Å². The molecular weight excluding hydrogens is 118 g/mol. The number of nitrogens with one attached hydrogen (secondary N) is 1. The van der Waals surface area contributed by atoms with E-state index in [1.165, 1.54) is 0 Å². The summed E-state index contributed by atoms with van der Waals surface area (Å²) in [6.45, 7) is 6.30. The van der Waals surface area contributed by atoms with E-state index in [1.54, 1.807) is 0 Å². The predicted molar refractivity (Wildman–Crippen MR) is 36.1 cm³/mol. The van der Waals surface area contributed by atoms with Gasteiger partial charge < -0.3 is 15.2 Å². The third-order valence-corrected chi connectivity index (χ3v) is 0.836. The highest BCUT2D eigenvalue weighted by Gasteiger charge is 1.83. The lowest BCUT2D eigenvalue weighted by atomic mass is 10.6. The molecule has 0 heterocycles. The number of hydrogen-bond donors (Lipinski definition) is 2. The van der Waals surface area contributed by atoms with Crippen molar-refractivity contribution in [2.24, 2.45) is 0 Å². The lowest BCUT2D eigenvalue weighted by Crippen LogP contribution is -2.19. The SMILES string of the molecule is [CH2]CNCCOCCO. The standard InChI is InChI=1S/C6H14NO2/c1-2-7-3-5-9-6-4-8/h7-8H,1-6H2. The molecule has 0 fully saturated rings. The molecule has 0 unspecified atom stereocenters. The van der Waals surface area contributed by atoms with Gasteiger partial charge in [-0.1, -0.05) is 0 Å². The Hall–Kier alpha value is -0.120. The molecule has 0 saturated heterocycles. The maximum Gasteiger partial charge on any atom is 0.0698 e. The van der Waals surface area contributed by atoms with Gasteiger partial charge in [0, 0.05) is 6.54 Å². The Bertz CT molecular complexity index is 44.3. The highest BCUT2D eigenvalue weighted by atomic mass is 16.5. The molecule has 0 rings (SSSR count). The van der Waals surface area contributed by atoms with E-state index in [2.05, 4.69) is 12.2 Å². The van der Waals surface area contributed by atoms with Crippen LogP contribution in [0.5, 0.6) is 0 Å². The van der Waals surface area contributed by atoms with Gasteiger partial charge in [-0.25, -0.2) is 0 Å². The molecule has 0 amide bonds. The van der Waals surface area contributed by atoms with Crippen LogP contribution in [0.1, 0.15) is 0 Å². The summed E-state index contributed by atoms with van der Waals surface area (Å²) in [6.07, 6.45) is 0. The zero-order valence-corrected chi connectivity index (χ0v) is 5.60. The molecular formula is C6H14NO2. The van der Waals surface area contributed by atoms with Crippen LogP contribution in [0.3, 0.4) is 0 Å². The minimum atomic E-state index is 0.102. The second-order valence-electron chi connectivity index (χ2n) is 1.59. The van der Waals surface area contributed by atoms with Crippen LogP contribution < -0.4 is 5.32 Å². The second kappa shape index (κ2) is 7.88. The Morgan fingerprint density at radius 3 is 2.78 bits per heavy atom. The Kier molecular flexibility index (Phi) is 7.77. The van der Waals surface area contributed by atoms with Crippen molar-refractivity contribution in [2.75, 3.05) is 32.9 Å². The van der Waals surface area contributed by atoms with Crippen molar-refractivity contribution >= 4 is 0 Å². The fourth-order valence-corrected chi connectivity index (χ4v) is 0.436. The average Bonchev–Trinajstić information content (AvgIpc) is 1.89. The van der Waals surface area contributed by atoms with Crippen molar-refractivity contribution in [1.29, 1.82) is 0 Å². The fourth-order valence-electron chi connectivity index (χ4n) is 0.436. The average molecular weight is 132 g/mol. The molecule has 0 bridgehead atoms. The van der Waals surface area contributed by atoms with Gasteiger partial charge in [0.25, 0.3) is 0 Å². The van der Waals surface area contributed by atoms with Crippen molar-refractivity contribution in [1.82, 2.24) is 5.32 Å². The van der Waals surface area contributed by atoms with Crippen molar-refractivity contribution in [3.05, 3.63) is 6.92 Å². The van der Waals surface area contributed by atoms with Crippen molar-refractivity contribution in [2.45, 2.75) is 0 Å². The largest absolute Gasteiger partial charge is 0.394 e. The van der Waals surface area contributed by atoms with Crippen LogP contribution >= 0.6 is 0 Å². The molecule has 0 aliphatic heterocycles. The summed E-state index contributed by atoms with van der Waals surface area (Å²) in [5.41, 5.74) is 0. The first kappa shape index (κ1) is 8.88. The van der Waals surface area contributed by atoms with Gasteiger partial charge in [-0.3, -0.25) is 0 Å². The smallest absolute Gasteiger partial charge is 0.0698 e. The van der Waals surface area contributed by atoms with Crippen LogP contribution in [0.15, 0.2) is 0 Å². The Morgan fingerprint density at radius 1 is 1.44 bits per heavy atom. The number of ether oxygens (including phenoxy) is 1. The van der Waals surface area contributed by atoms with Crippen molar-refractivity contribution in [3.8, 4) is 0 Å². The third-order valence-electron chi connectivity index (χ3n) is 0.836. The van der Waals surface area contributed by atoms with Crippen LogP contribution in [0.25, 0.3) is 0 Å². The highest BCUT2D eigenvalue weighted by molar-refractivity contribution is 4.45. The van der Waals surface area contributed by atoms with E-state index in [0.717, 1.165) is 13.1 Å². The molecule has 0 atom stereocenters. The molecule has 3 nitrogen and oxygen atoms in total. The van der Waals surface area contributed by atoms with Crippen LogP contribution in [0.2, 0.25) is 0 Å². The lowest BCUT2D eigenvalue weighted by Gasteiger charge is -2.00. The maximum atomic E-state index is 8.27. The molecule has 0 aromatic rings. The van der Waals surface area contributed by atoms with Crippen LogP contribution in [-0.4, -0.2) is 38.0 Å². The van der Waals surface area contributed by atoms with Gasteiger partial charge in [0.05, 0.1) is 19.8 Å². The monoisotopic (exact) mass is 132 g/mol. The van der Waals surface area contributed by atoms with E-state index in [4.69, 9.17) is 9.84 Å². The Morgan fingerprint density at radius 2 is 2.22 bits per heavy atom. The predicted octanol–water partition coefficient (Wildman–Crippen LogP) is -0.581. The molecule has 55 valence electrons. The molecule has 9 heavy (non-hydrogen) atoms. The van der Waals surface area contributed by atoms with Gasteiger partial charge in [-0.2, -0.15) is 0 Å². The molecule has 0 aliphatic rings. The number of aliphatic hydroxyl groups excluding tert-OH is 1. The highest BCUT2D eigenvalue weighted by Crippen LogP contribution is 1.69. The molecule has 0 aromatic carbocycles. The van der Waals surface area contributed by atoms with Crippen LogP contribution in [0, 0.1) is 6.92 Å². The number of rotatable bonds is 6. The van der Waals surface area contributed by atoms with E-state index in [-0.39, 0.29) is 6.61 Å². The van der Waals surface area contributed by atoms with E-state index in [9.17, 15) is 0 Å². The van der Waals surface area contributed by atoms with Gasteiger partial charge in [-0.05, 0) is 13.5 Å². The molecule has 0 aromatic heterocycles. The fraction of sp³-hybridized carbons (Fsp3) is 0.833. The number of aliphatic hydroxyl groups is 1. The van der Waals surface area contributed by atoms with E-state index in [1.807, 2.05) is 0 Å². The quantitative estimate of drug-likeness (QED) is 0.475. The zero-order chi connectivity index (χ0) is 6.95. The Labute approximate surface area is 56.0 Å². The van der Waals surface area contributed by atoms with Gasteiger partial charge in [-0.15, -0.1) is 0 Å². The summed E-state index contributed by atoms with van der Waals surface area (Å²) >= 11 is 0. The van der Waals surface area contributed by atoms with Crippen LogP contribution in [0.4, 0.5) is 0 Å².